The fraction of sp³-hybridized carbons (Fsp3) is 0.143. The van der Waals surface area contributed by atoms with E-state index in [1.54, 1.807) is 0 Å². The second-order valence-corrected chi connectivity index (χ2v) is 3.64. The summed E-state index contributed by atoms with van der Waals surface area (Å²) >= 11 is 4.82. The summed E-state index contributed by atoms with van der Waals surface area (Å²) < 4.78 is 0. The number of thiocarbonyl (C=S) groups is 1. The van der Waals surface area contributed by atoms with E-state index in [1.165, 1.54) is 0 Å². The van der Waals surface area contributed by atoms with E-state index in [-0.39, 0.29) is 10.8 Å². The van der Waals surface area contributed by atoms with Crippen molar-refractivity contribution in [3.8, 4) is 0 Å². The molecular weight excluding hydrogens is 234 g/mol. The lowest BCUT2D eigenvalue weighted by atomic mass is 10.0. The number of rotatable bonds is 0. The number of nitrogens with zero attached hydrogens (tertiary/aromatic N) is 3. The van der Waals surface area contributed by atoms with E-state index in [0.717, 1.165) is 11.2 Å². The highest BCUT2D eigenvalue weighted by molar-refractivity contribution is 7.80. The lowest BCUT2D eigenvalue weighted by molar-refractivity contribution is -0.124. The van der Waals surface area contributed by atoms with Gasteiger partial charge in [-0.1, -0.05) is 0 Å². The second kappa shape index (κ2) is 2.50. The van der Waals surface area contributed by atoms with Crippen LogP contribution >= 0.6 is 12.2 Å². The molecule has 0 aromatic carbocycles. The lowest BCUT2D eigenvalue weighted by Crippen LogP contribution is -2.67. The summed E-state index contributed by atoms with van der Waals surface area (Å²) in [4.78, 5) is 43.2. The van der Waals surface area contributed by atoms with E-state index in [4.69, 9.17) is 12.2 Å². The van der Waals surface area contributed by atoms with E-state index in [2.05, 4.69) is 15.3 Å². The summed E-state index contributed by atoms with van der Waals surface area (Å²) in [5.74, 6) is -1.34. The molecule has 0 bridgehead atoms. The van der Waals surface area contributed by atoms with Gasteiger partial charge in [0, 0.05) is 0 Å². The van der Waals surface area contributed by atoms with E-state index in [0.29, 0.717) is 0 Å². The zero-order valence-corrected chi connectivity index (χ0v) is 8.37. The number of urea groups is 1. The van der Waals surface area contributed by atoms with Crippen molar-refractivity contribution in [3.63, 3.8) is 0 Å². The number of carbonyl (C=O) groups is 3. The number of amides is 4. The number of nitrogens with one attached hydrogen (secondary N) is 2. The fourth-order valence-electron chi connectivity index (χ4n) is 1.81. The first-order chi connectivity index (χ1) is 7.57. The van der Waals surface area contributed by atoms with Crippen LogP contribution in [-0.4, -0.2) is 45.6 Å². The first-order valence-electron chi connectivity index (χ1n) is 4.20. The molecule has 80 valence electrons. The average Bonchev–Trinajstić information content (AvgIpc) is 2.71. The minimum absolute atomic E-state index is 0.149. The highest BCUT2D eigenvalue weighted by atomic mass is 32.1. The molecule has 1 spiro atoms. The van der Waals surface area contributed by atoms with Gasteiger partial charge in [0.25, 0.3) is 17.5 Å². The first-order valence-corrected chi connectivity index (χ1v) is 4.61. The molecule has 0 radical (unpaired) electrons. The summed E-state index contributed by atoms with van der Waals surface area (Å²) in [6.45, 7) is 0. The Morgan fingerprint density at radius 1 is 1.31 bits per heavy atom. The predicted molar refractivity (Wildman–Crippen MR) is 54.8 cm³/mol. The molecule has 8 nitrogen and oxygen atoms in total. The van der Waals surface area contributed by atoms with Gasteiger partial charge >= 0.3 is 6.03 Å². The average molecular weight is 237 g/mol. The van der Waals surface area contributed by atoms with Crippen LogP contribution in [0.2, 0.25) is 0 Å². The third-order valence-electron chi connectivity index (χ3n) is 2.46. The summed E-state index contributed by atoms with van der Waals surface area (Å²) in [6, 6.07) is -0.721. The quantitative estimate of drug-likeness (QED) is 0.380. The molecule has 1 atom stereocenters. The molecule has 3 aliphatic heterocycles. The number of hydrogen-bond donors (Lipinski definition) is 2. The zero-order chi connectivity index (χ0) is 11.5. The zero-order valence-electron chi connectivity index (χ0n) is 7.55. The van der Waals surface area contributed by atoms with Crippen molar-refractivity contribution in [2.75, 3.05) is 0 Å². The number of imide groups is 1. The molecular formula is C7H3N5O3S. The van der Waals surface area contributed by atoms with Gasteiger partial charge in [-0.2, -0.15) is 0 Å². The monoisotopic (exact) mass is 237 g/mol. The Hall–Kier alpha value is -2.16. The number of carbonyl (C=O) groups excluding carboxylic acids is 3. The van der Waals surface area contributed by atoms with Crippen LogP contribution in [0.4, 0.5) is 4.79 Å². The Morgan fingerprint density at radius 2 is 2.06 bits per heavy atom. The van der Waals surface area contributed by atoms with E-state index < -0.39 is 23.5 Å². The van der Waals surface area contributed by atoms with Crippen LogP contribution in [0.3, 0.4) is 0 Å². The summed E-state index contributed by atoms with van der Waals surface area (Å²) in [6.07, 6.45) is 1.06. The van der Waals surface area contributed by atoms with Crippen LogP contribution < -0.4 is 10.6 Å². The predicted octanol–water partition coefficient (Wildman–Crippen LogP) is -1.87. The second-order valence-electron chi connectivity index (χ2n) is 3.25. The van der Waals surface area contributed by atoms with E-state index in [1.807, 2.05) is 5.32 Å². The third-order valence-corrected chi connectivity index (χ3v) is 2.75. The standard InChI is InChI=1S/C7H3N5O3S/c13-3-2-7(9-1-8-2)4(14)11-5(15)12(7)6(16)10-3/h1H,(H,10,13,16)(H,11,14,15). The van der Waals surface area contributed by atoms with Gasteiger partial charge in [0.15, 0.2) is 10.8 Å². The molecule has 3 heterocycles. The van der Waals surface area contributed by atoms with Crippen LogP contribution in [-0.2, 0) is 9.59 Å². The summed E-state index contributed by atoms with van der Waals surface area (Å²) in [5.41, 5.74) is -1.87. The van der Waals surface area contributed by atoms with Crippen molar-refractivity contribution in [1.29, 1.82) is 0 Å². The van der Waals surface area contributed by atoms with E-state index in [9.17, 15) is 14.4 Å². The number of hydrogen-bond acceptors (Lipinski definition) is 6. The fourth-order valence-corrected chi connectivity index (χ4v) is 2.12. The minimum Gasteiger partial charge on any atom is -0.297 e. The maximum absolute atomic E-state index is 11.7. The number of aliphatic imine (C=N–C) groups is 2. The van der Waals surface area contributed by atoms with Crippen molar-refractivity contribution in [2.45, 2.75) is 5.66 Å². The van der Waals surface area contributed by atoms with Crippen molar-refractivity contribution in [3.05, 3.63) is 0 Å². The molecule has 4 amide bonds. The molecule has 0 saturated carbocycles. The smallest absolute Gasteiger partial charge is 0.297 e. The first kappa shape index (κ1) is 9.09. The van der Waals surface area contributed by atoms with Gasteiger partial charge < -0.3 is 0 Å². The van der Waals surface area contributed by atoms with Gasteiger partial charge in [-0.15, -0.1) is 0 Å². The van der Waals surface area contributed by atoms with Gasteiger partial charge in [-0.3, -0.25) is 20.2 Å². The Balaban J connectivity index is 2.27. The van der Waals surface area contributed by atoms with Crippen molar-refractivity contribution < 1.29 is 14.4 Å². The third kappa shape index (κ3) is 0.758. The maximum atomic E-state index is 11.7. The Morgan fingerprint density at radius 3 is 2.81 bits per heavy atom. The molecule has 1 unspecified atom stereocenters. The summed E-state index contributed by atoms with van der Waals surface area (Å²) in [5, 5.41) is 4.15. The van der Waals surface area contributed by atoms with E-state index >= 15 is 0 Å². The molecule has 3 aliphatic rings. The van der Waals surface area contributed by atoms with Crippen molar-refractivity contribution in [1.82, 2.24) is 15.5 Å². The topological polar surface area (TPSA) is 103 Å². The van der Waals surface area contributed by atoms with Crippen LogP contribution in [0.5, 0.6) is 0 Å². The Bertz CT molecular complexity index is 538. The normalized spacial score (nSPS) is 31.0. The molecule has 0 aromatic heterocycles. The lowest BCUT2D eigenvalue weighted by Gasteiger charge is -2.33. The Kier molecular flexibility index (Phi) is 1.42. The largest absolute Gasteiger partial charge is 0.333 e. The van der Waals surface area contributed by atoms with Crippen molar-refractivity contribution >= 4 is 47.2 Å². The van der Waals surface area contributed by atoms with Crippen LogP contribution in [0.25, 0.3) is 0 Å². The highest BCUT2D eigenvalue weighted by Gasteiger charge is 2.64. The SMILES string of the molecule is O=C1NC(=S)N2C(=O)NC(=O)C23N=CN=C13. The van der Waals surface area contributed by atoms with Gasteiger partial charge in [0.1, 0.15) is 6.34 Å². The van der Waals surface area contributed by atoms with Crippen LogP contribution in [0.1, 0.15) is 0 Å². The van der Waals surface area contributed by atoms with Gasteiger partial charge in [-0.05, 0) is 12.2 Å². The van der Waals surface area contributed by atoms with Gasteiger partial charge in [0.05, 0.1) is 0 Å². The molecule has 0 aromatic rings. The molecule has 16 heavy (non-hydrogen) atoms. The minimum atomic E-state index is -1.73. The maximum Gasteiger partial charge on any atom is 0.333 e. The molecule has 0 aliphatic carbocycles. The molecule has 3 rings (SSSR count). The molecule has 2 N–H and O–H groups in total. The summed E-state index contributed by atoms with van der Waals surface area (Å²) in [7, 11) is 0. The molecule has 2 saturated heterocycles. The van der Waals surface area contributed by atoms with Crippen LogP contribution in [0, 0.1) is 0 Å². The molecule has 9 heteroatoms. The van der Waals surface area contributed by atoms with Crippen molar-refractivity contribution in [2.24, 2.45) is 9.98 Å². The highest BCUT2D eigenvalue weighted by Crippen LogP contribution is 2.31. The van der Waals surface area contributed by atoms with Gasteiger partial charge in [-0.25, -0.2) is 19.7 Å². The van der Waals surface area contributed by atoms with Crippen LogP contribution in [0.15, 0.2) is 9.98 Å². The van der Waals surface area contributed by atoms with Gasteiger partial charge in [0.2, 0.25) is 0 Å². The molecule has 2 fully saturated rings. The Labute approximate surface area is 93.4 Å².